The Hall–Kier alpha value is -2.48. The second-order valence-electron chi connectivity index (χ2n) is 8.89. The van der Waals surface area contributed by atoms with Gasteiger partial charge in [0.1, 0.15) is 11.6 Å². The number of nitrogens with zero attached hydrogens (tertiary/aromatic N) is 3. The fourth-order valence-corrected chi connectivity index (χ4v) is 3.96. The number of likely N-dealkylation sites (tertiary alicyclic amines) is 1. The molecule has 1 aromatic carbocycles. The molecule has 0 unspecified atom stereocenters. The minimum Gasteiger partial charge on any atom is -0.444 e. The summed E-state index contributed by atoms with van der Waals surface area (Å²) in [5, 5.41) is 3.41. The zero-order valence-corrected chi connectivity index (χ0v) is 19.2. The van der Waals surface area contributed by atoms with Gasteiger partial charge in [-0.25, -0.2) is 4.79 Å². The van der Waals surface area contributed by atoms with Crippen molar-refractivity contribution in [2.24, 2.45) is 0 Å². The van der Waals surface area contributed by atoms with Gasteiger partial charge in [0, 0.05) is 43.4 Å². The number of benzene rings is 1. The number of piperazine rings is 1. The highest BCUT2D eigenvalue weighted by Gasteiger charge is 2.36. The van der Waals surface area contributed by atoms with E-state index in [-0.39, 0.29) is 18.4 Å². The van der Waals surface area contributed by atoms with Crippen molar-refractivity contribution in [2.75, 3.05) is 44.2 Å². The summed E-state index contributed by atoms with van der Waals surface area (Å²) in [6.45, 7) is 8.40. The summed E-state index contributed by atoms with van der Waals surface area (Å²) in [6.07, 6.45) is 0.812. The molecule has 0 saturated carbocycles. The summed E-state index contributed by atoms with van der Waals surface area (Å²) < 4.78 is 5.40. The summed E-state index contributed by atoms with van der Waals surface area (Å²) in [5.74, 6) is -0.428. The second kappa shape index (κ2) is 9.77. The van der Waals surface area contributed by atoms with Crippen LogP contribution in [0.2, 0.25) is 5.02 Å². The number of carbonyl (C=O) groups excluding carboxylic acids is 3. The zero-order chi connectivity index (χ0) is 22.6. The first-order chi connectivity index (χ1) is 14.6. The number of halogens is 1. The van der Waals surface area contributed by atoms with Crippen molar-refractivity contribution >= 4 is 35.2 Å². The van der Waals surface area contributed by atoms with Gasteiger partial charge in [-0.15, -0.1) is 0 Å². The molecule has 2 aliphatic heterocycles. The molecule has 3 rings (SSSR count). The molecule has 1 aromatic rings. The molecule has 2 fully saturated rings. The molecule has 1 atom stereocenters. The average Bonchev–Trinajstić information content (AvgIpc) is 3.21. The molecule has 2 saturated heterocycles. The minimum atomic E-state index is -0.620. The van der Waals surface area contributed by atoms with E-state index in [2.05, 4.69) is 10.2 Å². The van der Waals surface area contributed by atoms with Gasteiger partial charge in [0.05, 0.1) is 6.54 Å². The number of hydrogen-bond acceptors (Lipinski definition) is 5. The van der Waals surface area contributed by atoms with Gasteiger partial charge >= 0.3 is 6.09 Å². The number of amides is 3. The highest BCUT2D eigenvalue weighted by Crippen LogP contribution is 2.21. The summed E-state index contributed by atoms with van der Waals surface area (Å²) in [4.78, 5) is 43.0. The molecule has 0 bridgehead atoms. The van der Waals surface area contributed by atoms with E-state index in [1.54, 1.807) is 25.7 Å². The second-order valence-corrected chi connectivity index (χ2v) is 9.33. The first kappa shape index (κ1) is 23.2. The van der Waals surface area contributed by atoms with E-state index in [1.807, 2.05) is 24.3 Å². The fraction of sp³-hybridized carbons (Fsp3) is 0.591. The lowest BCUT2D eigenvalue weighted by Crippen LogP contribution is -2.53. The Morgan fingerprint density at radius 1 is 1.06 bits per heavy atom. The van der Waals surface area contributed by atoms with Gasteiger partial charge < -0.3 is 19.9 Å². The Labute approximate surface area is 188 Å². The van der Waals surface area contributed by atoms with E-state index in [1.165, 1.54) is 4.90 Å². The van der Waals surface area contributed by atoms with Gasteiger partial charge in [-0.1, -0.05) is 11.6 Å². The zero-order valence-electron chi connectivity index (χ0n) is 18.4. The van der Waals surface area contributed by atoms with Gasteiger partial charge in [0.15, 0.2) is 0 Å². The molecule has 1 N–H and O–H groups in total. The molecule has 0 aliphatic carbocycles. The number of ether oxygens (including phenoxy) is 1. The molecular weight excluding hydrogens is 420 g/mol. The monoisotopic (exact) mass is 450 g/mol. The summed E-state index contributed by atoms with van der Waals surface area (Å²) in [7, 11) is 0. The van der Waals surface area contributed by atoms with Crippen LogP contribution in [-0.4, -0.2) is 78.6 Å². The molecule has 0 radical (unpaired) electrons. The van der Waals surface area contributed by atoms with E-state index in [0.29, 0.717) is 31.1 Å². The van der Waals surface area contributed by atoms with Crippen LogP contribution in [0, 0.1) is 0 Å². The van der Waals surface area contributed by atoms with Crippen molar-refractivity contribution in [3.63, 3.8) is 0 Å². The predicted octanol–water partition coefficient (Wildman–Crippen LogP) is 2.50. The molecule has 2 heterocycles. The highest BCUT2D eigenvalue weighted by molar-refractivity contribution is 6.30. The van der Waals surface area contributed by atoms with Crippen molar-refractivity contribution in [1.29, 1.82) is 0 Å². The largest absolute Gasteiger partial charge is 0.444 e. The Kier molecular flexibility index (Phi) is 7.30. The Morgan fingerprint density at radius 3 is 2.32 bits per heavy atom. The van der Waals surface area contributed by atoms with Gasteiger partial charge in [-0.3, -0.25) is 14.5 Å². The van der Waals surface area contributed by atoms with Gasteiger partial charge in [0.25, 0.3) is 0 Å². The summed E-state index contributed by atoms with van der Waals surface area (Å²) >= 11 is 5.94. The quantitative estimate of drug-likeness (QED) is 0.762. The maximum Gasteiger partial charge on any atom is 0.410 e. The average molecular weight is 451 g/mol. The lowest BCUT2D eigenvalue weighted by atomic mass is 10.2. The van der Waals surface area contributed by atoms with Gasteiger partial charge in [-0.2, -0.15) is 0 Å². The van der Waals surface area contributed by atoms with Crippen LogP contribution in [0.15, 0.2) is 24.3 Å². The van der Waals surface area contributed by atoms with E-state index in [4.69, 9.17) is 16.3 Å². The Balaban J connectivity index is 1.45. The fourth-order valence-electron chi connectivity index (χ4n) is 3.84. The van der Waals surface area contributed by atoms with Gasteiger partial charge in [0.2, 0.25) is 11.8 Å². The molecule has 2 aliphatic rings. The molecule has 31 heavy (non-hydrogen) atoms. The van der Waals surface area contributed by atoms with E-state index in [9.17, 15) is 14.4 Å². The molecule has 9 heteroatoms. The SMILES string of the molecule is CC(C)(C)OC(=O)N1CCC[C@H]1C(=O)NCC(=O)N1CCN(c2ccc(Cl)cc2)CC1. The topological polar surface area (TPSA) is 82.2 Å². The van der Waals surface area contributed by atoms with Crippen molar-refractivity contribution < 1.29 is 19.1 Å². The first-order valence-corrected chi connectivity index (χ1v) is 11.1. The normalized spacial score (nSPS) is 19.4. The third-order valence-corrected chi connectivity index (χ3v) is 5.67. The maximum absolute atomic E-state index is 12.6. The number of nitrogens with one attached hydrogen (secondary N) is 1. The van der Waals surface area contributed by atoms with Crippen LogP contribution in [0.4, 0.5) is 10.5 Å². The molecule has 3 amide bonds. The number of anilines is 1. The molecule has 0 aromatic heterocycles. The van der Waals surface area contributed by atoms with Gasteiger partial charge in [-0.05, 0) is 57.9 Å². The highest BCUT2D eigenvalue weighted by atomic mass is 35.5. The van der Waals surface area contributed by atoms with Crippen molar-refractivity contribution in [2.45, 2.75) is 45.3 Å². The molecule has 8 nitrogen and oxygen atoms in total. The van der Waals surface area contributed by atoms with Crippen LogP contribution in [0.1, 0.15) is 33.6 Å². The van der Waals surface area contributed by atoms with Crippen LogP contribution in [-0.2, 0) is 14.3 Å². The maximum atomic E-state index is 12.6. The minimum absolute atomic E-state index is 0.0710. The number of carbonyl (C=O) groups is 3. The number of hydrogen-bond donors (Lipinski definition) is 1. The van der Waals surface area contributed by atoms with Crippen LogP contribution in [0.25, 0.3) is 0 Å². The predicted molar refractivity (Wildman–Crippen MR) is 119 cm³/mol. The van der Waals surface area contributed by atoms with E-state index >= 15 is 0 Å². The third kappa shape index (κ3) is 6.26. The third-order valence-electron chi connectivity index (χ3n) is 5.42. The van der Waals surface area contributed by atoms with Crippen LogP contribution in [0.3, 0.4) is 0 Å². The summed E-state index contributed by atoms with van der Waals surface area (Å²) in [6, 6.07) is 7.06. The van der Waals surface area contributed by atoms with Crippen LogP contribution < -0.4 is 10.2 Å². The summed E-state index contributed by atoms with van der Waals surface area (Å²) in [5.41, 5.74) is 0.457. The van der Waals surface area contributed by atoms with Crippen LogP contribution in [0.5, 0.6) is 0 Å². The molecule has 170 valence electrons. The molecular formula is C22H31ClN4O4. The Morgan fingerprint density at radius 2 is 1.71 bits per heavy atom. The number of rotatable bonds is 4. The van der Waals surface area contributed by atoms with Crippen molar-refractivity contribution in [3.8, 4) is 0 Å². The van der Waals surface area contributed by atoms with Crippen molar-refractivity contribution in [1.82, 2.24) is 15.1 Å². The first-order valence-electron chi connectivity index (χ1n) is 10.7. The standard InChI is InChI=1S/C22H31ClN4O4/c1-22(2,3)31-21(30)27-10-4-5-18(27)20(29)24-15-19(28)26-13-11-25(12-14-26)17-8-6-16(23)7-9-17/h6-9,18H,4-5,10-15H2,1-3H3,(H,24,29)/t18-/m0/s1. The lowest BCUT2D eigenvalue weighted by molar-refractivity contribution is -0.134. The molecule has 0 spiro atoms. The van der Waals surface area contributed by atoms with E-state index < -0.39 is 17.7 Å². The Bertz CT molecular complexity index is 801. The van der Waals surface area contributed by atoms with Crippen molar-refractivity contribution in [3.05, 3.63) is 29.3 Å². The van der Waals surface area contributed by atoms with E-state index in [0.717, 1.165) is 25.2 Å². The lowest BCUT2D eigenvalue weighted by Gasteiger charge is -2.36. The van der Waals surface area contributed by atoms with Crippen LogP contribution >= 0.6 is 11.6 Å². The smallest absolute Gasteiger partial charge is 0.410 e.